The SMILES string of the molecule is C#N.CC.CCCN1CCN(C(N)=O)CC1.CN1CCCC1. The quantitative estimate of drug-likeness (QED) is 0.845. The van der Waals surface area contributed by atoms with Crippen molar-refractivity contribution < 1.29 is 4.79 Å². The largest absolute Gasteiger partial charge is 0.351 e. The molecule has 130 valence electrons. The fourth-order valence-corrected chi connectivity index (χ4v) is 2.38. The van der Waals surface area contributed by atoms with Gasteiger partial charge in [0.1, 0.15) is 0 Å². The van der Waals surface area contributed by atoms with Crippen LogP contribution < -0.4 is 5.73 Å². The summed E-state index contributed by atoms with van der Waals surface area (Å²) in [6, 6.07) is -0.286. The molecule has 0 unspecified atom stereocenters. The molecule has 2 fully saturated rings. The molecular formula is C16H35N5O. The molecule has 2 saturated heterocycles. The number of nitrogens with zero attached hydrogens (tertiary/aromatic N) is 4. The van der Waals surface area contributed by atoms with E-state index < -0.39 is 0 Å². The first-order valence-electron chi connectivity index (χ1n) is 8.34. The van der Waals surface area contributed by atoms with Gasteiger partial charge in [-0.3, -0.25) is 4.90 Å². The Balaban J connectivity index is 0. The van der Waals surface area contributed by atoms with Crippen LogP contribution in [0.15, 0.2) is 0 Å². The first-order chi connectivity index (χ1) is 10.6. The molecule has 2 aliphatic rings. The molecule has 0 aromatic carbocycles. The molecule has 0 bridgehead atoms. The Morgan fingerprint density at radius 1 is 1.05 bits per heavy atom. The maximum atomic E-state index is 10.7. The molecule has 0 atom stereocenters. The first kappa shape index (κ1) is 23.0. The zero-order valence-electron chi connectivity index (χ0n) is 14.9. The number of carbonyl (C=O) groups is 1. The third-order valence-corrected chi connectivity index (χ3v) is 3.55. The van der Waals surface area contributed by atoms with Gasteiger partial charge in [-0.2, -0.15) is 0 Å². The van der Waals surface area contributed by atoms with Crippen molar-refractivity contribution in [1.29, 1.82) is 5.26 Å². The number of carbonyl (C=O) groups excluding carboxylic acids is 1. The third-order valence-electron chi connectivity index (χ3n) is 3.55. The van der Waals surface area contributed by atoms with Crippen LogP contribution >= 0.6 is 0 Å². The van der Waals surface area contributed by atoms with Gasteiger partial charge in [0.05, 0.1) is 0 Å². The fraction of sp³-hybridized carbons (Fsp3) is 0.875. The molecule has 2 N–H and O–H groups in total. The van der Waals surface area contributed by atoms with Crippen LogP contribution in [0, 0.1) is 11.8 Å². The Kier molecular flexibility index (Phi) is 16.8. The molecule has 0 aromatic heterocycles. The standard InChI is InChI=1S/C8H17N3O.C5H11N.C2H6.CHN/c1-2-3-10-4-6-11(7-5-10)8(9)12;1-6-4-2-3-5-6;2*1-2/h2-7H2,1H3,(H2,9,12);2-5H2,1H3;1-2H3;1H. The second-order valence-corrected chi connectivity index (χ2v) is 5.18. The van der Waals surface area contributed by atoms with Gasteiger partial charge in [0.15, 0.2) is 0 Å². The minimum absolute atomic E-state index is 0.286. The highest BCUT2D eigenvalue weighted by atomic mass is 16.2. The van der Waals surface area contributed by atoms with Crippen molar-refractivity contribution in [3.63, 3.8) is 0 Å². The molecule has 2 heterocycles. The molecule has 2 amide bonds. The molecule has 22 heavy (non-hydrogen) atoms. The van der Waals surface area contributed by atoms with Crippen molar-refractivity contribution in [3.05, 3.63) is 0 Å². The maximum absolute atomic E-state index is 10.7. The molecule has 0 aromatic rings. The summed E-state index contributed by atoms with van der Waals surface area (Å²) in [6.07, 6.45) is 4.00. The van der Waals surface area contributed by atoms with Crippen LogP contribution in [0.3, 0.4) is 0 Å². The monoisotopic (exact) mass is 313 g/mol. The summed E-state index contributed by atoms with van der Waals surface area (Å²) in [6.45, 7) is 16.9. The molecule has 6 heteroatoms. The summed E-state index contributed by atoms with van der Waals surface area (Å²) in [4.78, 5) is 17.2. The number of rotatable bonds is 2. The van der Waals surface area contributed by atoms with E-state index in [0.29, 0.717) is 0 Å². The highest BCUT2D eigenvalue weighted by molar-refractivity contribution is 5.72. The van der Waals surface area contributed by atoms with Gasteiger partial charge >= 0.3 is 6.03 Å². The van der Waals surface area contributed by atoms with E-state index in [1.807, 2.05) is 13.8 Å². The predicted molar refractivity (Wildman–Crippen MR) is 92.6 cm³/mol. The van der Waals surface area contributed by atoms with Crippen molar-refractivity contribution in [2.75, 3.05) is 52.9 Å². The van der Waals surface area contributed by atoms with Crippen LogP contribution in [0.2, 0.25) is 0 Å². The van der Waals surface area contributed by atoms with Crippen molar-refractivity contribution in [3.8, 4) is 6.57 Å². The second kappa shape index (κ2) is 16.1. The Bertz CT molecular complexity index is 269. The number of hydrogen-bond donors (Lipinski definition) is 1. The van der Waals surface area contributed by atoms with Gasteiger partial charge in [-0.1, -0.05) is 20.8 Å². The van der Waals surface area contributed by atoms with Gasteiger partial charge in [0, 0.05) is 32.8 Å². The van der Waals surface area contributed by atoms with Crippen molar-refractivity contribution in [2.45, 2.75) is 40.0 Å². The molecule has 0 radical (unpaired) electrons. The van der Waals surface area contributed by atoms with E-state index in [9.17, 15) is 4.79 Å². The molecule has 2 rings (SSSR count). The predicted octanol–water partition coefficient (Wildman–Crippen LogP) is 1.97. The Labute approximate surface area is 136 Å². The minimum atomic E-state index is -0.286. The normalized spacial score (nSPS) is 18.0. The fourth-order valence-electron chi connectivity index (χ4n) is 2.38. The van der Waals surface area contributed by atoms with Crippen LogP contribution in [-0.2, 0) is 0 Å². The Morgan fingerprint density at radius 2 is 1.50 bits per heavy atom. The average Bonchev–Trinajstić information content (AvgIpc) is 3.04. The number of likely N-dealkylation sites (tertiary alicyclic amines) is 1. The maximum Gasteiger partial charge on any atom is 0.314 e. The summed E-state index contributed by atoms with van der Waals surface area (Å²) in [5.41, 5.74) is 5.16. The molecule has 2 aliphatic heterocycles. The number of piperazine rings is 1. The van der Waals surface area contributed by atoms with Gasteiger partial charge in [-0.15, -0.1) is 0 Å². The van der Waals surface area contributed by atoms with E-state index in [1.165, 1.54) is 32.4 Å². The molecule has 6 nitrogen and oxygen atoms in total. The molecule has 0 spiro atoms. The summed E-state index contributed by atoms with van der Waals surface area (Å²) >= 11 is 0. The van der Waals surface area contributed by atoms with Gasteiger partial charge in [-0.05, 0) is 45.9 Å². The lowest BCUT2D eigenvalue weighted by molar-refractivity contribution is 0.145. The second-order valence-electron chi connectivity index (χ2n) is 5.18. The number of nitrogens with two attached hydrogens (primary N) is 1. The smallest absolute Gasteiger partial charge is 0.314 e. The van der Waals surface area contributed by atoms with E-state index in [1.54, 1.807) is 4.90 Å². The number of nitriles is 1. The van der Waals surface area contributed by atoms with Crippen LogP contribution in [0.4, 0.5) is 4.79 Å². The number of hydrogen-bond acceptors (Lipinski definition) is 4. The van der Waals surface area contributed by atoms with Crippen molar-refractivity contribution in [1.82, 2.24) is 14.7 Å². The number of primary amides is 1. The Morgan fingerprint density at radius 3 is 1.77 bits per heavy atom. The first-order valence-corrected chi connectivity index (χ1v) is 8.34. The van der Waals surface area contributed by atoms with Crippen LogP contribution in [-0.4, -0.2) is 73.6 Å². The van der Waals surface area contributed by atoms with Crippen molar-refractivity contribution >= 4 is 6.03 Å². The molecule has 0 aliphatic carbocycles. The summed E-state index contributed by atoms with van der Waals surface area (Å²) < 4.78 is 0. The lowest BCUT2D eigenvalue weighted by Gasteiger charge is -2.33. The highest BCUT2D eigenvalue weighted by Gasteiger charge is 2.17. The van der Waals surface area contributed by atoms with E-state index in [0.717, 1.165) is 32.7 Å². The number of amides is 2. The third kappa shape index (κ3) is 11.4. The Hall–Kier alpha value is -1.32. The minimum Gasteiger partial charge on any atom is -0.351 e. The topological polar surface area (TPSA) is 76.6 Å². The summed E-state index contributed by atoms with van der Waals surface area (Å²) in [5, 5.41) is 6.50. The van der Waals surface area contributed by atoms with Crippen molar-refractivity contribution in [2.24, 2.45) is 5.73 Å². The number of urea groups is 1. The van der Waals surface area contributed by atoms with E-state index >= 15 is 0 Å². The lowest BCUT2D eigenvalue weighted by Crippen LogP contribution is -2.50. The van der Waals surface area contributed by atoms with Gasteiger partial charge in [0.25, 0.3) is 0 Å². The van der Waals surface area contributed by atoms with E-state index in [-0.39, 0.29) is 6.03 Å². The highest BCUT2D eigenvalue weighted by Crippen LogP contribution is 2.02. The summed E-state index contributed by atoms with van der Waals surface area (Å²) in [7, 11) is 2.17. The summed E-state index contributed by atoms with van der Waals surface area (Å²) in [5.74, 6) is 0. The van der Waals surface area contributed by atoms with Gasteiger partial charge in [-0.25, -0.2) is 10.1 Å². The van der Waals surface area contributed by atoms with Crippen LogP contribution in [0.1, 0.15) is 40.0 Å². The van der Waals surface area contributed by atoms with Gasteiger partial charge in [0.2, 0.25) is 0 Å². The zero-order chi connectivity index (χ0) is 17.4. The lowest BCUT2D eigenvalue weighted by atomic mass is 10.3. The van der Waals surface area contributed by atoms with Crippen LogP contribution in [0.5, 0.6) is 0 Å². The van der Waals surface area contributed by atoms with Gasteiger partial charge < -0.3 is 15.5 Å². The zero-order valence-corrected chi connectivity index (χ0v) is 14.9. The average molecular weight is 313 g/mol. The molecule has 0 saturated carbocycles. The van der Waals surface area contributed by atoms with Crippen LogP contribution in [0.25, 0.3) is 0 Å². The van der Waals surface area contributed by atoms with E-state index in [4.69, 9.17) is 11.0 Å². The molecular weight excluding hydrogens is 278 g/mol. The van der Waals surface area contributed by atoms with E-state index in [2.05, 4.69) is 30.3 Å².